The van der Waals surface area contributed by atoms with E-state index in [9.17, 15) is 4.39 Å². The number of hydrogen-bond donors (Lipinski definition) is 1. The molecule has 0 aromatic heterocycles. The Kier molecular flexibility index (Phi) is 2.89. The Morgan fingerprint density at radius 2 is 2.12 bits per heavy atom. The van der Waals surface area contributed by atoms with Gasteiger partial charge in [-0.3, -0.25) is 0 Å². The van der Waals surface area contributed by atoms with Gasteiger partial charge in [0, 0.05) is 11.6 Å². The maximum absolute atomic E-state index is 13.5. The molecule has 0 bridgehead atoms. The van der Waals surface area contributed by atoms with Gasteiger partial charge in [-0.05, 0) is 42.9 Å². The van der Waals surface area contributed by atoms with Gasteiger partial charge in [0.1, 0.15) is 11.6 Å². The molecule has 0 spiro atoms. The van der Waals surface area contributed by atoms with Gasteiger partial charge in [0.2, 0.25) is 0 Å². The predicted octanol–water partition coefficient (Wildman–Crippen LogP) is 2.73. The first kappa shape index (κ1) is 11.4. The molecule has 0 atom stereocenters. The second-order valence-electron chi connectivity index (χ2n) is 4.50. The van der Waals surface area contributed by atoms with Gasteiger partial charge in [-0.15, -0.1) is 0 Å². The van der Waals surface area contributed by atoms with Crippen molar-refractivity contribution in [1.82, 2.24) is 0 Å². The predicted molar refractivity (Wildman–Crippen MR) is 62.0 cm³/mol. The zero-order valence-electron chi connectivity index (χ0n) is 9.85. The molecule has 0 aliphatic heterocycles. The Morgan fingerprint density at radius 3 is 2.56 bits per heavy atom. The molecule has 0 unspecified atom stereocenters. The summed E-state index contributed by atoms with van der Waals surface area (Å²) < 4.78 is 18.7. The highest BCUT2D eigenvalue weighted by Crippen LogP contribution is 2.42. The minimum atomic E-state index is -0.333. The van der Waals surface area contributed by atoms with Crippen LogP contribution in [0.15, 0.2) is 12.1 Å². The van der Waals surface area contributed by atoms with Crippen molar-refractivity contribution in [3.05, 3.63) is 29.1 Å². The third-order valence-electron chi connectivity index (χ3n) is 3.53. The first-order valence-electron chi connectivity index (χ1n) is 5.76. The van der Waals surface area contributed by atoms with Crippen molar-refractivity contribution in [2.45, 2.75) is 38.1 Å². The lowest BCUT2D eigenvalue weighted by Crippen LogP contribution is -2.44. The first-order valence-corrected chi connectivity index (χ1v) is 5.76. The fraction of sp³-hybridized carbons (Fsp3) is 0.538. The molecule has 3 heteroatoms. The lowest BCUT2D eigenvalue weighted by Gasteiger charge is -2.40. The molecule has 1 aromatic carbocycles. The van der Waals surface area contributed by atoms with Crippen LogP contribution >= 0.6 is 0 Å². The standard InChI is InChI=1S/C13H18FNO/c1-3-10-11(13(15)5-4-6-13)7-9(14)8-12(10)16-2/h7-8H,3-6,15H2,1-2H3. The van der Waals surface area contributed by atoms with E-state index in [-0.39, 0.29) is 11.4 Å². The third-order valence-corrected chi connectivity index (χ3v) is 3.53. The smallest absolute Gasteiger partial charge is 0.127 e. The summed E-state index contributed by atoms with van der Waals surface area (Å²) in [4.78, 5) is 0. The van der Waals surface area contributed by atoms with E-state index in [2.05, 4.69) is 0 Å². The summed E-state index contributed by atoms with van der Waals surface area (Å²) in [6, 6.07) is 3.00. The number of methoxy groups -OCH3 is 1. The number of nitrogens with two attached hydrogens (primary N) is 1. The van der Waals surface area contributed by atoms with Crippen LogP contribution in [0.3, 0.4) is 0 Å². The number of ether oxygens (including phenoxy) is 1. The van der Waals surface area contributed by atoms with Crippen LogP contribution in [0.25, 0.3) is 0 Å². The van der Waals surface area contributed by atoms with E-state index in [1.54, 1.807) is 13.2 Å². The van der Waals surface area contributed by atoms with E-state index < -0.39 is 0 Å². The van der Waals surface area contributed by atoms with E-state index in [0.29, 0.717) is 5.75 Å². The molecule has 16 heavy (non-hydrogen) atoms. The van der Waals surface area contributed by atoms with Crippen LogP contribution in [0.5, 0.6) is 5.75 Å². The second-order valence-corrected chi connectivity index (χ2v) is 4.50. The van der Waals surface area contributed by atoms with E-state index in [1.807, 2.05) is 6.92 Å². The van der Waals surface area contributed by atoms with E-state index in [1.165, 1.54) is 6.07 Å². The summed E-state index contributed by atoms with van der Waals surface area (Å²) in [5.74, 6) is 0.356. The number of rotatable bonds is 3. The molecule has 1 aliphatic carbocycles. The van der Waals surface area contributed by atoms with Crippen LogP contribution in [-0.4, -0.2) is 7.11 Å². The van der Waals surface area contributed by atoms with Crippen LogP contribution in [-0.2, 0) is 12.0 Å². The Morgan fingerprint density at radius 1 is 1.44 bits per heavy atom. The Labute approximate surface area is 95.6 Å². The Bertz CT molecular complexity index is 399. The molecular weight excluding hydrogens is 205 g/mol. The van der Waals surface area contributed by atoms with Gasteiger partial charge in [-0.2, -0.15) is 0 Å². The van der Waals surface area contributed by atoms with E-state index >= 15 is 0 Å². The summed E-state index contributed by atoms with van der Waals surface area (Å²) in [5, 5.41) is 0. The fourth-order valence-corrected chi connectivity index (χ4v) is 2.43. The SMILES string of the molecule is CCc1c(OC)cc(F)cc1C1(N)CCC1. The van der Waals surface area contributed by atoms with Crippen LogP contribution in [0.4, 0.5) is 4.39 Å². The molecule has 2 rings (SSSR count). The maximum Gasteiger partial charge on any atom is 0.127 e. The zero-order chi connectivity index (χ0) is 11.8. The summed E-state index contributed by atoms with van der Waals surface area (Å²) >= 11 is 0. The largest absolute Gasteiger partial charge is 0.496 e. The average Bonchev–Trinajstić information content (AvgIpc) is 2.24. The number of hydrogen-bond acceptors (Lipinski definition) is 2. The van der Waals surface area contributed by atoms with Crippen LogP contribution < -0.4 is 10.5 Å². The minimum Gasteiger partial charge on any atom is -0.496 e. The van der Waals surface area contributed by atoms with Gasteiger partial charge in [0.25, 0.3) is 0 Å². The monoisotopic (exact) mass is 223 g/mol. The van der Waals surface area contributed by atoms with Crippen LogP contribution in [0, 0.1) is 5.82 Å². The quantitative estimate of drug-likeness (QED) is 0.855. The zero-order valence-corrected chi connectivity index (χ0v) is 9.85. The highest BCUT2D eigenvalue weighted by Gasteiger charge is 2.37. The highest BCUT2D eigenvalue weighted by molar-refractivity contribution is 5.45. The van der Waals surface area contributed by atoms with Gasteiger partial charge in [-0.1, -0.05) is 6.92 Å². The summed E-state index contributed by atoms with van der Waals surface area (Å²) in [6.45, 7) is 2.04. The molecule has 2 N–H and O–H groups in total. The Hall–Kier alpha value is -1.09. The van der Waals surface area contributed by atoms with Crippen molar-refractivity contribution in [2.75, 3.05) is 7.11 Å². The third kappa shape index (κ3) is 1.69. The van der Waals surface area contributed by atoms with Crippen LogP contribution in [0.1, 0.15) is 37.3 Å². The molecule has 2 nitrogen and oxygen atoms in total. The van der Waals surface area contributed by atoms with Crippen molar-refractivity contribution in [1.29, 1.82) is 0 Å². The van der Waals surface area contributed by atoms with Crippen LogP contribution in [0.2, 0.25) is 0 Å². The minimum absolute atomic E-state index is 0.263. The molecule has 0 radical (unpaired) electrons. The van der Waals surface area contributed by atoms with Crippen molar-refractivity contribution < 1.29 is 9.13 Å². The normalized spacial score (nSPS) is 18.0. The first-order chi connectivity index (χ1) is 7.60. The van der Waals surface area contributed by atoms with Crippen molar-refractivity contribution in [2.24, 2.45) is 5.73 Å². The molecule has 1 aliphatic rings. The molecule has 88 valence electrons. The number of benzene rings is 1. The number of halogens is 1. The molecule has 1 saturated carbocycles. The maximum atomic E-state index is 13.5. The van der Waals surface area contributed by atoms with Crippen molar-refractivity contribution >= 4 is 0 Å². The molecule has 0 heterocycles. The van der Waals surface area contributed by atoms with E-state index in [0.717, 1.165) is 36.8 Å². The van der Waals surface area contributed by atoms with Gasteiger partial charge >= 0.3 is 0 Å². The highest BCUT2D eigenvalue weighted by atomic mass is 19.1. The van der Waals surface area contributed by atoms with Crippen molar-refractivity contribution in [3.8, 4) is 5.75 Å². The summed E-state index contributed by atoms with van der Waals surface area (Å²) in [6.07, 6.45) is 3.81. The Balaban J connectivity index is 2.53. The topological polar surface area (TPSA) is 35.2 Å². The van der Waals surface area contributed by atoms with E-state index in [4.69, 9.17) is 10.5 Å². The summed E-state index contributed by atoms with van der Waals surface area (Å²) in [5.41, 5.74) is 7.91. The lowest BCUT2D eigenvalue weighted by atomic mass is 9.71. The van der Waals surface area contributed by atoms with Gasteiger partial charge in [0.15, 0.2) is 0 Å². The molecule has 1 aromatic rings. The molecular formula is C13H18FNO. The average molecular weight is 223 g/mol. The molecule has 0 amide bonds. The second kappa shape index (κ2) is 4.06. The van der Waals surface area contributed by atoms with Gasteiger partial charge in [0.05, 0.1) is 7.11 Å². The van der Waals surface area contributed by atoms with Gasteiger partial charge < -0.3 is 10.5 Å². The fourth-order valence-electron chi connectivity index (χ4n) is 2.43. The van der Waals surface area contributed by atoms with Gasteiger partial charge in [-0.25, -0.2) is 4.39 Å². The van der Waals surface area contributed by atoms with Crippen molar-refractivity contribution in [3.63, 3.8) is 0 Å². The molecule has 1 fully saturated rings. The lowest BCUT2D eigenvalue weighted by molar-refractivity contribution is 0.249. The molecule has 0 saturated heterocycles. The summed E-state index contributed by atoms with van der Waals surface area (Å²) in [7, 11) is 1.57.